The van der Waals surface area contributed by atoms with Crippen molar-refractivity contribution in [3.63, 3.8) is 0 Å². The van der Waals surface area contributed by atoms with E-state index < -0.39 is 0 Å². The summed E-state index contributed by atoms with van der Waals surface area (Å²) >= 11 is 9.20. The van der Waals surface area contributed by atoms with E-state index in [0.29, 0.717) is 17.3 Å². The molecule has 0 saturated carbocycles. The fourth-order valence-corrected chi connectivity index (χ4v) is 2.61. The van der Waals surface area contributed by atoms with Crippen molar-refractivity contribution in [2.45, 2.75) is 19.4 Å². The van der Waals surface area contributed by atoms with E-state index in [-0.39, 0.29) is 17.9 Å². The van der Waals surface area contributed by atoms with Crippen LogP contribution >= 0.6 is 27.5 Å². The molecule has 17 heavy (non-hydrogen) atoms. The average molecular weight is 319 g/mol. The number of carbonyl (C=O) groups excluding carboxylic acids is 1. The second kappa shape index (κ2) is 5.38. The summed E-state index contributed by atoms with van der Waals surface area (Å²) in [6.07, 6.45) is 0.581. The van der Waals surface area contributed by atoms with E-state index in [1.807, 2.05) is 6.92 Å². The average Bonchev–Trinajstić information content (AvgIpc) is 2.68. The SMILES string of the molecule is CC1CCOC1C(=O)Nc1ccc(Cl)cc1Br. The van der Waals surface area contributed by atoms with Gasteiger partial charge in [-0.25, -0.2) is 0 Å². The second-order valence-electron chi connectivity index (χ2n) is 4.17. The highest BCUT2D eigenvalue weighted by molar-refractivity contribution is 9.10. The molecule has 2 unspecified atom stereocenters. The normalized spacial score (nSPS) is 23.7. The Hall–Kier alpha value is -0.580. The van der Waals surface area contributed by atoms with E-state index in [2.05, 4.69) is 21.2 Å². The number of hydrogen-bond acceptors (Lipinski definition) is 2. The largest absolute Gasteiger partial charge is 0.368 e. The Labute approximate surface area is 114 Å². The first-order chi connectivity index (χ1) is 8.08. The summed E-state index contributed by atoms with van der Waals surface area (Å²) in [5.41, 5.74) is 0.710. The van der Waals surface area contributed by atoms with Gasteiger partial charge < -0.3 is 10.1 Å². The third-order valence-electron chi connectivity index (χ3n) is 2.83. The third kappa shape index (κ3) is 3.00. The molecular formula is C12H13BrClNO2. The molecule has 1 aromatic carbocycles. The van der Waals surface area contributed by atoms with Gasteiger partial charge in [0.2, 0.25) is 0 Å². The minimum atomic E-state index is -0.349. The monoisotopic (exact) mass is 317 g/mol. The van der Waals surface area contributed by atoms with Gasteiger partial charge in [-0.3, -0.25) is 4.79 Å². The van der Waals surface area contributed by atoms with Gasteiger partial charge in [0.25, 0.3) is 5.91 Å². The molecule has 2 rings (SSSR count). The summed E-state index contributed by atoms with van der Waals surface area (Å²) in [4.78, 5) is 12.0. The molecule has 0 spiro atoms. The van der Waals surface area contributed by atoms with E-state index in [4.69, 9.17) is 16.3 Å². The Balaban J connectivity index is 2.07. The molecule has 0 aromatic heterocycles. The van der Waals surface area contributed by atoms with Crippen LogP contribution in [0, 0.1) is 5.92 Å². The molecule has 1 aliphatic heterocycles. The first-order valence-electron chi connectivity index (χ1n) is 5.45. The maximum Gasteiger partial charge on any atom is 0.253 e. The highest BCUT2D eigenvalue weighted by atomic mass is 79.9. The second-order valence-corrected chi connectivity index (χ2v) is 5.46. The number of halogens is 2. The lowest BCUT2D eigenvalue weighted by molar-refractivity contribution is -0.126. The molecule has 1 heterocycles. The van der Waals surface area contributed by atoms with Crippen LogP contribution in [0.2, 0.25) is 5.02 Å². The number of hydrogen-bond donors (Lipinski definition) is 1. The third-order valence-corrected chi connectivity index (χ3v) is 3.73. The van der Waals surface area contributed by atoms with Gasteiger partial charge >= 0.3 is 0 Å². The van der Waals surface area contributed by atoms with Crippen molar-refractivity contribution in [1.29, 1.82) is 0 Å². The summed E-state index contributed by atoms with van der Waals surface area (Å²) in [7, 11) is 0. The Bertz CT molecular complexity index is 439. The number of rotatable bonds is 2. The molecule has 0 bridgehead atoms. The van der Waals surface area contributed by atoms with Gasteiger partial charge in [0.05, 0.1) is 5.69 Å². The van der Waals surface area contributed by atoms with Crippen molar-refractivity contribution in [1.82, 2.24) is 0 Å². The van der Waals surface area contributed by atoms with Crippen LogP contribution in [-0.2, 0) is 9.53 Å². The van der Waals surface area contributed by atoms with Gasteiger partial charge in [-0.2, -0.15) is 0 Å². The van der Waals surface area contributed by atoms with Crippen LogP contribution in [-0.4, -0.2) is 18.6 Å². The van der Waals surface area contributed by atoms with Crippen LogP contribution in [0.15, 0.2) is 22.7 Å². The van der Waals surface area contributed by atoms with Crippen LogP contribution in [0.1, 0.15) is 13.3 Å². The van der Waals surface area contributed by atoms with Gasteiger partial charge in [-0.05, 0) is 46.5 Å². The van der Waals surface area contributed by atoms with Crippen LogP contribution in [0.25, 0.3) is 0 Å². The molecule has 1 N–H and O–H groups in total. The smallest absolute Gasteiger partial charge is 0.253 e. The van der Waals surface area contributed by atoms with E-state index in [1.54, 1.807) is 18.2 Å². The maximum atomic E-state index is 12.0. The molecule has 2 atom stereocenters. The summed E-state index contributed by atoms with van der Waals surface area (Å²) < 4.78 is 6.18. The van der Waals surface area contributed by atoms with Gasteiger partial charge in [0.1, 0.15) is 6.10 Å². The molecule has 1 saturated heterocycles. The van der Waals surface area contributed by atoms with Crippen molar-refractivity contribution in [3.8, 4) is 0 Å². The minimum absolute atomic E-state index is 0.0991. The fourth-order valence-electron chi connectivity index (χ4n) is 1.83. The zero-order chi connectivity index (χ0) is 12.4. The molecule has 0 aliphatic carbocycles. The summed E-state index contributed by atoms with van der Waals surface area (Å²) in [6.45, 7) is 2.68. The Kier molecular flexibility index (Phi) is 4.07. The topological polar surface area (TPSA) is 38.3 Å². The molecule has 0 radical (unpaired) electrons. The van der Waals surface area contributed by atoms with E-state index in [1.165, 1.54) is 0 Å². The van der Waals surface area contributed by atoms with Crippen LogP contribution in [0.3, 0.4) is 0 Å². The predicted molar refractivity (Wildman–Crippen MR) is 71.3 cm³/mol. The lowest BCUT2D eigenvalue weighted by Gasteiger charge is -2.15. The zero-order valence-electron chi connectivity index (χ0n) is 9.37. The molecule has 1 fully saturated rings. The van der Waals surface area contributed by atoms with Gasteiger partial charge in [-0.15, -0.1) is 0 Å². The van der Waals surface area contributed by atoms with Crippen molar-refractivity contribution in [2.24, 2.45) is 5.92 Å². The molecule has 1 amide bonds. The Morgan fingerprint density at radius 2 is 2.35 bits per heavy atom. The minimum Gasteiger partial charge on any atom is -0.368 e. The molecule has 92 valence electrons. The quantitative estimate of drug-likeness (QED) is 0.907. The first kappa shape index (κ1) is 12.9. The van der Waals surface area contributed by atoms with E-state index in [0.717, 1.165) is 10.9 Å². The molecule has 5 heteroatoms. The molecule has 1 aliphatic rings. The molecular weight excluding hydrogens is 305 g/mol. The lowest BCUT2D eigenvalue weighted by Crippen LogP contribution is -2.31. The molecule has 1 aromatic rings. The maximum absolute atomic E-state index is 12.0. The van der Waals surface area contributed by atoms with Crippen LogP contribution < -0.4 is 5.32 Å². The molecule has 3 nitrogen and oxygen atoms in total. The predicted octanol–water partition coefficient (Wildman–Crippen LogP) is 3.47. The van der Waals surface area contributed by atoms with Crippen LogP contribution in [0.5, 0.6) is 0 Å². The number of nitrogens with one attached hydrogen (secondary N) is 1. The van der Waals surface area contributed by atoms with Crippen molar-refractivity contribution >= 4 is 39.1 Å². The Morgan fingerprint density at radius 3 is 2.94 bits per heavy atom. The standard InChI is InChI=1S/C12H13BrClNO2/c1-7-4-5-17-11(7)12(16)15-10-3-2-8(14)6-9(10)13/h2-3,6-7,11H,4-5H2,1H3,(H,15,16). The lowest BCUT2D eigenvalue weighted by atomic mass is 10.0. The van der Waals surface area contributed by atoms with Gasteiger partial charge in [0, 0.05) is 16.1 Å². The first-order valence-corrected chi connectivity index (χ1v) is 6.62. The zero-order valence-corrected chi connectivity index (χ0v) is 11.7. The van der Waals surface area contributed by atoms with E-state index in [9.17, 15) is 4.79 Å². The number of amides is 1. The fraction of sp³-hybridized carbons (Fsp3) is 0.417. The van der Waals surface area contributed by atoms with Crippen LogP contribution in [0.4, 0.5) is 5.69 Å². The van der Waals surface area contributed by atoms with Crippen molar-refractivity contribution in [3.05, 3.63) is 27.7 Å². The summed E-state index contributed by atoms with van der Waals surface area (Å²) in [5.74, 6) is 0.166. The summed E-state index contributed by atoms with van der Waals surface area (Å²) in [5, 5.41) is 3.47. The number of benzene rings is 1. The van der Waals surface area contributed by atoms with Gasteiger partial charge in [-0.1, -0.05) is 18.5 Å². The highest BCUT2D eigenvalue weighted by Gasteiger charge is 2.31. The van der Waals surface area contributed by atoms with E-state index >= 15 is 0 Å². The van der Waals surface area contributed by atoms with Crippen molar-refractivity contribution in [2.75, 3.05) is 11.9 Å². The number of carbonyl (C=O) groups is 1. The van der Waals surface area contributed by atoms with Crippen molar-refractivity contribution < 1.29 is 9.53 Å². The Morgan fingerprint density at radius 1 is 1.59 bits per heavy atom. The highest BCUT2D eigenvalue weighted by Crippen LogP contribution is 2.27. The summed E-state index contributed by atoms with van der Waals surface area (Å²) in [6, 6.07) is 5.25. The number of ether oxygens (including phenoxy) is 1. The number of anilines is 1. The van der Waals surface area contributed by atoms with Gasteiger partial charge in [0.15, 0.2) is 0 Å².